The molecule has 0 bridgehead atoms. The summed E-state index contributed by atoms with van der Waals surface area (Å²) in [6, 6.07) is 1.95. The van der Waals surface area contributed by atoms with Crippen LogP contribution in [0.25, 0.3) is 0 Å². The molecule has 0 N–H and O–H groups in total. The lowest BCUT2D eigenvalue weighted by atomic mass is 10.2. The molecule has 12 heavy (non-hydrogen) atoms. The number of nitrogens with zero attached hydrogens (tertiary/aromatic N) is 2. The zero-order valence-corrected chi connectivity index (χ0v) is 9.13. The van der Waals surface area contributed by atoms with Crippen molar-refractivity contribution in [1.82, 2.24) is 4.98 Å². The molecule has 5 heteroatoms. The summed E-state index contributed by atoms with van der Waals surface area (Å²) in [5.74, 6) is 0. The quantitative estimate of drug-likeness (QED) is 0.675. The van der Waals surface area contributed by atoms with Crippen LogP contribution in [-0.4, -0.2) is 4.98 Å². The minimum atomic E-state index is 0.142. The van der Waals surface area contributed by atoms with Crippen molar-refractivity contribution < 1.29 is 0 Å². The summed E-state index contributed by atoms with van der Waals surface area (Å²) in [6.45, 7) is 1.75. The molecule has 1 heterocycles. The number of hydrogen-bond acceptors (Lipinski definition) is 2. The third kappa shape index (κ3) is 1.56. The Labute approximate surface area is 88.2 Å². The molecule has 0 spiro atoms. The maximum atomic E-state index is 8.68. The third-order valence-electron chi connectivity index (χ3n) is 1.40. The van der Waals surface area contributed by atoms with Gasteiger partial charge < -0.3 is 0 Å². The summed E-state index contributed by atoms with van der Waals surface area (Å²) in [5, 5.41) is 9.09. The van der Waals surface area contributed by atoms with Crippen molar-refractivity contribution in [2.75, 3.05) is 0 Å². The van der Waals surface area contributed by atoms with Crippen LogP contribution in [0.4, 0.5) is 0 Å². The Kier molecular flexibility index (Phi) is 2.94. The Morgan fingerprint density at radius 1 is 1.42 bits per heavy atom. The first-order valence-electron chi connectivity index (χ1n) is 2.99. The molecule has 0 aliphatic rings. The van der Waals surface area contributed by atoms with Gasteiger partial charge in [-0.3, -0.25) is 0 Å². The van der Waals surface area contributed by atoms with Gasteiger partial charge in [-0.25, -0.2) is 4.98 Å². The molecule has 1 aromatic rings. The summed E-state index contributed by atoms with van der Waals surface area (Å²) in [6.07, 6.45) is 0. The van der Waals surface area contributed by atoms with Crippen LogP contribution < -0.4 is 0 Å². The molecule has 0 aliphatic heterocycles. The molecule has 0 saturated carbocycles. The summed E-state index contributed by atoms with van der Waals surface area (Å²) >= 11 is 14.6. The van der Waals surface area contributed by atoms with Gasteiger partial charge in [-0.1, -0.05) is 23.2 Å². The molecule has 0 unspecified atom stereocenters. The van der Waals surface area contributed by atoms with Crippen LogP contribution in [0.5, 0.6) is 0 Å². The van der Waals surface area contributed by atoms with Crippen LogP contribution >= 0.6 is 39.1 Å². The molecule has 2 nitrogen and oxygen atoms in total. The van der Waals surface area contributed by atoms with Crippen molar-refractivity contribution in [1.29, 1.82) is 5.26 Å². The van der Waals surface area contributed by atoms with Crippen LogP contribution in [0.3, 0.4) is 0 Å². The monoisotopic (exact) mass is 264 g/mol. The molecule has 0 radical (unpaired) electrons. The Morgan fingerprint density at radius 3 is 2.50 bits per heavy atom. The summed E-state index contributed by atoms with van der Waals surface area (Å²) in [7, 11) is 0. The van der Waals surface area contributed by atoms with E-state index >= 15 is 0 Å². The van der Waals surface area contributed by atoms with Gasteiger partial charge in [-0.05, 0) is 28.4 Å². The van der Waals surface area contributed by atoms with E-state index in [4.69, 9.17) is 28.5 Å². The molecule has 0 saturated heterocycles. The zero-order chi connectivity index (χ0) is 9.30. The van der Waals surface area contributed by atoms with Crippen molar-refractivity contribution in [2.45, 2.75) is 6.92 Å². The highest BCUT2D eigenvalue weighted by atomic mass is 79.9. The molecule has 0 aliphatic carbocycles. The lowest BCUT2D eigenvalue weighted by molar-refractivity contribution is 1.23. The Balaban J connectivity index is 3.54. The highest BCUT2D eigenvalue weighted by molar-refractivity contribution is 9.10. The molecule has 0 atom stereocenters. The van der Waals surface area contributed by atoms with Crippen molar-refractivity contribution in [2.24, 2.45) is 0 Å². The van der Waals surface area contributed by atoms with E-state index in [1.165, 1.54) is 0 Å². The Morgan fingerprint density at radius 2 is 2.00 bits per heavy atom. The lowest BCUT2D eigenvalue weighted by Crippen LogP contribution is -1.90. The normalized spacial score (nSPS) is 9.58. The highest BCUT2D eigenvalue weighted by Gasteiger charge is 2.11. The minimum Gasteiger partial charge on any atom is -0.222 e. The Hall–Kier alpha value is -0.300. The lowest BCUT2D eigenvalue weighted by Gasteiger charge is -2.03. The van der Waals surface area contributed by atoms with Gasteiger partial charge in [0.25, 0.3) is 0 Å². The van der Waals surface area contributed by atoms with Gasteiger partial charge in [0.2, 0.25) is 0 Å². The number of rotatable bonds is 0. The average Bonchev–Trinajstić information content (AvgIpc) is 2.01. The van der Waals surface area contributed by atoms with E-state index in [0.29, 0.717) is 15.6 Å². The second-order valence-corrected chi connectivity index (χ2v) is 3.63. The third-order valence-corrected chi connectivity index (χ3v) is 3.15. The van der Waals surface area contributed by atoms with Crippen LogP contribution in [0, 0.1) is 18.3 Å². The van der Waals surface area contributed by atoms with Gasteiger partial charge in [0.1, 0.15) is 16.4 Å². The number of aromatic nitrogens is 1. The number of pyridine rings is 1. The predicted octanol–water partition coefficient (Wildman–Crippen LogP) is 3.33. The van der Waals surface area contributed by atoms with Gasteiger partial charge >= 0.3 is 0 Å². The molecule has 62 valence electrons. The predicted molar refractivity (Wildman–Crippen MR) is 51.4 cm³/mol. The van der Waals surface area contributed by atoms with Crippen LogP contribution in [0.15, 0.2) is 4.47 Å². The van der Waals surface area contributed by atoms with E-state index in [-0.39, 0.29) is 10.3 Å². The van der Waals surface area contributed by atoms with Gasteiger partial charge in [0.05, 0.1) is 10.0 Å². The van der Waals surface area contributed by atoms with Crippen molar-refractivity contribution in [3.05, 3.63) is 25.9 Å². The topological polar surface area (TPSA) is 36.7 Å². The fourth-order valence-electron chi connectivity index (χ4n) is 0.740. The molecule has 0 amide bonds. The van der Waals surface area contributed by atoms with Crippen molar-refractivity contribution in [3.8, 4) is 6.07 Å². The molecular formula is C7H3BrCl2N2. The van der Waals surface area contributed by atoms with E-state index in [0.717, 1.165) is 0 Å². The van der Waals surface area contributed by atoms with E-state index < -0.39 is 0 Å². The second kappa shape index (κ2) is 3.61. The zero-order valence-electron chi connectivity index (χ0n) is 6.03. The Bertz CT molecular complexity index is 371. The first-order chi connectivity index (χ1) is 5.57. The number of nitriles is 1. The standard InChI is InChI=1S/C7H3BrCl2N2/c1-3-4(2-11)6(9)12-7(10)5(3)8/h1H3. The van der Waals surface area contributed by atoms with Crippen molar-refractivity contribution >= 4 is 39.1 Å². The van der Waals surface area contributed by atoms with Gasteiger partial charge in [-0.15, -0.1) is 0 Å². The SMILES string of the molecule is Cc1c(Br)c(Cl)nc(Cl)c1C#N. The minimum absolute atomic E-state index is 0.142. The van der Waals surface area contributed by atoms with Gasteiger partial charge in [-0.2, -0.15) is 5.26 Å². The number of halogens is 3. The maximum Gasteiger partial charge on any atom is 0.148 e. The molecule has 0 aromatic carbocycles. The van der Waals surface area contributed by atoms with Crippen LogP contribution in [0.2, 0.25) is 10.3 Å². The smallest absolute Gasteiger partial charge is 0.148 e. The molecule has 1 rings (SSSR count). The molecule has 0 fully saturated rings. The molecular weight excluding hydrogens is 263 g/mol. The maximum absolute atomic E-state index is 8.68. The number of hydrogen-bond donors (Lipinski definition) is 0. The van der Waals surface area contributed by atoms with Gasteiger partial charge in [0.15, 0.2) is 0 Å². The van der Waals surface area contributed by atoms with Gasteiger partial charge in [0, 0.05) is 0 Å². The first-order valence-corrected chi connectivity index (χ1v) is 4.54. The van der Waals surface area contributed by atoms with Crippen LogP contribution in [-0.2, 0) is 0 Å². The van der Waals surface area contributed by atoms with E-state index in [1.54, 1.807) is 6.92 Å². The second-order valence-electron chi connectivity index (χ2n) is 2.12. The fourth-order valence-corrected chi connectivity index (χ4v) is 1.57. The van der Waals surface area contributed by atoms with E-state index in [2.05, 4.69) is 20.9 Å². The summed E-state index contributed by atoms with van der Waals surface area (Å²) in [5.41, 5.74) is 1.07. The largest absolute Gasteiger partial charge is 0.222 e. The molecule has 1 aromatic heterocycles. The highest BCUT2D eigenvalue weighted by Crippen LogP contribution is 2.29. The summed E-state index contributed by atoms with van der Waals surface area (Å²) in [4.78, 5) is 3.77. The summed E-state index contributed by atoms with van der Waals surface area (Å²) < 4.78 is 0.616. The van der Waals surface area contributed by atoms with E-state index in [9.17, 15) is 0 Å². The fraction of sp³-hybridized carbons (Fsp3) is 0.143. The first kappa shape index (κ1) is 9.79. The van der Waals surface area contributed by atoms with Crippen LogP contribution in [0.1, 0.15) is 11.1 Å². The van der Waals surface area contributed by atoms with E-state index in [1.807, 2.05) is 6.07 Å². The average molecular weight is 266 g/mol. The van der Waals surface area contributed by atoms with Crippen molar-refractivity contribution in [3.63, 3.8) is 0 Å².